The molecular weight excluding hydrogens is 963 g/mol. The van der Waals surface area contributed by atoms with Gasteiger partial charge in [-0.2, -0.15) is 13.2 Å². The zero-order valence-electron chi connectivity index (χ0n) is 39.9. The fourth-order valence-electron chi connectivity index (χ4n) is 9.54. The van der Waals surface area contributed by atoms with Crippen LogP contribution >= 0.6 is 11.6 Å². The number of rotatable bonds is 15. The molecule has 3 N–H and O–H groups in total. The zero-order chi connectivity index (χ0) is 50.8. The molecule has 5 aromatic rings. The minimum absolute atomic E-state index is 0.00133. The monoisotopic (exact) mass is 1020 g/mol. The number of halogens is 4. The number of hydrogen-bond donors (Lipinski definition) is 3. The molecule has 71 heavy (non-hydrogen) atoms. The van der Waals surface area contributed by atoms with Gasteiger partial charge < -0.3 is 29.7 Å². The molecule has 16 nitrogen and oxygen atoms in total. The number of aromatic amines is 1. The molecule has 1 aliphatic carbocycles. The zero-order valence-corrected chi connectivity index (χ0v) is 41.5. The van der Waals surface area contributed by atoms with Gasteiger partial charge in [-0.05, 0) is 117 Å². The average molecular weight is 1020 g/mol. The van der Waals surface area contributed by atoms with E-state index in [0.717, 1.165) is 60.4 Å². The number of anilines is 2. The van der Waals surface area contributed by atoms with Gasteiger partial charge in [0.25, 0.3) is 21.6 Å². The van der Waals surface area contributed by atoms with Crippen molar-refractivity contribution >= 4 is 67.1 Å². The van der Waals surface area contributed by atoms with Crippen molar-refractivity contribution in [3.8, 4) is 11.5 Å². The topological polar surface area (TPSA) is 186 Å². The number of likely N-dealkylation sites (N-methyl/N-ethyl adjacent to an activating group) is 1. The number of H-pyrrole nitrogens is 1. The number of aromatic nitrogens is 2. The molecule has 2 amide bonds. The van der Waals surface area contributed by atoms with E-state index in [1.54, 1.807) is 40.3 Å². The number of carbonyl (C=O) groups is 2. The fourth-order valence-corrected chi connectivity index (χ4v) is 10.8. The summed E-state index contributed by atoms with van der Waals surface area (Å²) in [6.45, 7) is 9.07. The summed E-state index contributed by atoms with van der Waals surface area (Å²) in [5.74, 6) is -0.694. The van der Waals surface area contributed by atoms with Gasteiger partial charge >= 0.3 is 6.18 Å². The lowest BCUT2D eigenvalue weighted by Gasteiger charge is -2.39. The minimum Gasteiger partial charge on any atom is -0.455 e. The maximum Gasteiger partial charge on any atom is 0.416 e. The van der Waals surface area contributed by atoms with Crippen LogP contribution in [-0.4, -0.2) is 123 Å². The number of ether oxygens (including phenoxy) is 1. The summed E-state index contributed by atoms with van der Waals surface area (Å²) in [4.78, 5) is 53.2. The maximum atomic E-state index is 14.0. The van der Waals surface area contributed by atoms with Crippen LogP contribution < -0.4 is 19.7 Å². The van der Waals surface area contributed by atoms with Crippen molar-refractivity contribution < 1.29 is 40.8 Å². The Hall–Kier alpha value is -6.22. The Balaban J connectivity index is 0.984. The molecule has 8 rings (SSSR count). The number of sulfonamides is 1. The lowest BCUT2D eigenvalue weighted by Crippen LogP contribution is -2.47. The summed E-state index contributed by atoms with van der Waals surface area (Å²) < 4.78 is 76.6. The van der Waals surface area contributed by atoms with Crippen molar-refractivity contribution in [1.82, 2.24) is 29.4 Å². The molecule has 4 heterocycles. The fraction of sp³-hybridized carbons (Fsp3) is 0.420. The van der Waals surface area contributed by atoms with Crippen LogP contribution in [0.4, 0.5) is 30.2 Å². The highest BCUT2D eigenvalue weighted by Crippen LogP contribution is 2.46. The summed E-state index contributed by atoms with van der Waals surface area (Å²) in [7, 11) is -1.03. The highest BCUT2D eigenvalue weighted by Gasteiger charge is 2.34. The molecule has 3 aromatic carbocycles. The number of nitrogens with zero attached hydrogens (tertiary/aromatic N) is 6. The van der Waals surface area contributed by atoms with E-state index in [4.69, 9.17) is 16.3 Å². The van der Waals surface area contributed by atoms with Crippen molar-refractivity contribution in [2.24, 2.45) is 11.3 Å². The number of piperidine rings is 1. The standard InChI is InChI=1S/C50H57ClF3N9O7S/c1-49(2)15-13-34(41(26-49)39-10-7-35(23-42(39)51)50(52,53)54)30-60-18-20-61(21-19-60)36-8-11-40(45(24-36)70-37-22-33-14-16-55-47(33)57-28-37)48(65)58-71(68,69)38-9-12-43(44(25-38)63(66)67)56-27-32-6-5-17-62(29-32)46(64)31-59(3)4/h7-12,14,16,22-25,28,32,56H,5-6,13,15,17-21,26-27,29-31H2,1-4H3,(H,55,57)(H,58,65). The number of benzene rings is 3. The first-order chi connectivity index (χ1) is 33.6. The van der Waals surface area contributed by atoms with Gasteiger partial charge in [-0.3, -0.25) is 24.6 Å². The average Bonchev–Trinajstić information content (AvgIpc) is 3.79. The van der Waals surface area contributed by atoms with E-state index in [0.29, 0.717) is 75.7 Å². The number of nitro groups is 1. The number of amides is 2. The number of fused-ring (bicyclic) bond motifs is 1. The van der Waals surface area contributed by atoms with E-state index in [9.17, 15) is 41.3 Å². The minimum atomic E-state index is -4.67. The number of nitrogens with one attached hydrogen (secondary N) is 3. The first-order valence-corrected chi connectivity index (χ1v) is 25.3. The molecule has 2 aliphatic heterocycles. The number of piperazine rings is 1. The van der Waals surface area contributed by atoms with Crippen LogP contribution in [0.15, 0.2) is 89.6 Å². The van der Waals surface area contributed by atoms with Crippen LogP contribution in [-0.2, 0) is 21.0 Å². The lowest BCUT2D eigenvalue weighted by atomic mass is 9.72. The molecule has 2 saturated heterocycles. The second-order valence-electron chi connectivity index (χ2n) is 19.6. The lowest BCUT2D eigenvalue weighted by molar-refractivity contribution is -0.384. The van der Waals surface area contributed by atoms with Crippen molar-refractivity contribution in [1.29, 1.82) is 0 Å². The Kier molecular flexibility index (Phi) is 15.0. The number of hydrogen-bond acceptors (Lipinski definition) is 12. The number of pyridine rings is 1. The maximum absolute atomic E-state index is 14.0. The van der Waals surface area contributed by atoms with Crippen molar-refractivity contribution in [3.05, 3.63) is 117 Å². The molecule has 1 unspecified atom stereocenters. The van der Waals surface area contributed by atoms with Crippen molar-refractivity contribution in [2.45, 2.75) is 57.0 Å². The quantitative estimate of drug-likeness (QED) is 0.0669. The molecule has 3 aliphatic rings. The van der Waals surface area contributed by atoms with Crippen LogP contribution in [0, 0.1) is 21.4 Å². The number of carbonyl (C=O) groups excluding carboxylic acids is 2. The summed E-state index contributed by atoms with van der Waals surface area (Å²) in [5, 5.41) is 16.2. The van der Waals surface area contributed by atoms with Gasteiger partial charge in [-0.25, -0.2) is 18.1 Å². The molecule has 0 bridgehead atoms. The summed E-state index contributed by atoms with van der Waals surface area (Å²) in [6, 6.07) is 15.3. The molecule has 21 heteroatoms. The predicted octanol–water partition coefficient (Wildman–Crippen LogP) is 9.05. The van der Waals surface area contributed by atoms with Crippen LogP contribution in [0.5, 0.6) is 11.5 Å². The summed E-state index contributed by atoms with van der Waals surface area (Å²) >= 11 is 6.54. The molecule has 1 atom stereocenters. The molecule has 2 fully saturated rings. The summed E-state index contributed by atoms with van der Waals surface area (Å²) in [6.07, 6.45) is 2.66. The van der Waals surface area contributed by atoms with Gasteiger partial charge in [0.1, 0.15) is 22.8 Å². The van der Waals surface area contributed by atoms with E-state index >= 15 is 0 Å². The molecule has 0 spiro atoms. The van der Waals surface area contributed by atoms with Crippen molar-refractivity contribution in [3.63, 3.8) is 0 Å². The number of alkyl halides is 3. The van der Waals surface area contributed by atoms with Crippen LogP contribution in [0.1, 0.15) is 67.4 Å². The first kappa shape index (κ1) is 51.1. The Labute approximate surface area is 415 Å². The Morgan fingerprint density at radius 2 is 1.80 bits per heavy atom. The third kappa shape index (κ3) is 12.3. The normalized spacial score (nSPS) is 18.0. The first-order valence-electron chi connectivity index (χ1n) is 23.4. The third-order valence-electron chi connectivity index (χ3n) is 13.4. The van der Waals surface area contributed by atoms with E-state index in [1.807, 2.05) is 14.1 Å². The summed E-state index contributed by atoms with van der Waals surface area (Å²) in [5.41, 5.74) is 2.69. The van der Waals surface area contributed by atoms with Gasteiger partial charge in [0, 0.05) is 86.8 Å². The number of allylic oxidation sites excluding steroid dienone is 1. The second-order valence-corrected chi connectivity index (χ2v) is 21.7. The highest BCUT2D eigenvalue weighted by atomic mass is 35.5. The second kappa shape index (κ2) is 20.9. The number of nitro benzene ring substituents is 1. The van der Waals surface area contributed by atoms with E-state index in [1.165, 1.54) is 30.5 Å². The van der Waals surface area contributed by atoms with Gasteiger partial charge in [0.2, 0.25) is 5.91 Å². The van der Waals surface area contributed by atoms with Gasteiger partial charge in [0.15, 0.2) is 0 Å². The largest absolute Gasteiger partial charge is 0.455 e. The molecule has 0 saturated carbocycles. The van der Waals surface area contributed by atoms with Crippen molar-refractivity contribution in [2.75, 3.05) is 83.2 Å². The molecule has 2 aromatic heterocycles. The van der Waals surface area contributed by atoms with Crippen LogP contribution in [0.3, 0.4) is 0 Å². The van der Waals surface area contributed by atoms with Gasteiger partial charge in [-0.1, -0.05) is 37.1 Å². The smallest absolute Gasteiger partial charge is 0.416 e. The Morgan fingerprint density at radius 3 is 2.52 bits per heavy atom. The molecule has 0 radical (unpaired) electrons. The Bertz CT molecular complexity index is 2970. The van der Waals surface area contributed by atoms with E-state index in [-0.39, 0.29) is 51.6 Å². The molecular formula is C50H57ClF3N9O7S. The van der Waals surface area contributed by atoms with Gasteiger partial charge in [0.05, 0.1) is 33.7 Å². The SMILES string of the molecule is CN(C)CC(=O)N1CCCC(CNc2ccc(S(=O)(=O)NC(=O)c3ccc(N4CCN(CC5=C(c6ccc(C(F)(F)F)cc6Cl)CC(C)(C)CC5)CC4)cc3Oc3cnc4[nH]ccc4c3)cc2[N+](=O)[O-])C1. The van der Waals surface area contributed by atoms with Gasteiger partial charge in [-0.15, -0.1) is 0 Å². The Morgan fingerprint density at radius 1 is 1.03 bits per heavy atom. The van der Waals surface area contributed by atoms with Crippen LogP contribution in [0.2, 0.25) is 5.02 Å². The third-order valence-corrected chi connectivity index (χ3v) is 15.0. The highest BCUT2D eigenvalue weighted by molar-refractivity contribution is 7.90. The predicted molar refractivity (Wildman–Crippen MR) is 266 cm³/mol. The number of likely N-dealkylation sites (tertiary alicyclic amines) is 1. The molecule has 378 valence electrons. The van der Waals surface area contributed by atoms with Crippen LogP contribution in [0.25, 0.3) is 16.6 Å². The van der Waals surface area contributed by atoms with E-state index in [2.05, 4.69) is 43.7 Å². The van der Waals surface area contributed by atoms with E-state index < -0.39 is 43.2 Å².